The molecule has 2 rings (SSSR count). The molecule has 1 aromatic heterocycles. The molecule has 1 unspecified atom stereocenters. The van der Waals surface area contributed by atoms with Crippen LogP contribution in [-0.4, -0.2) is 29.1 Å². The van der Waals surface area contributed by atoms with Crippen LogP contribution in [0.15, 0.2) is 24.3 Å². The predicted octanol–water partition coefficient (Wildman–Crippen LogP) is 2.29. The molecule has 1 atom stereocenters. The van der Waals surface area contributed by atoms with Crippen molar-refractivity contribution in [2.75, 3.05) is 19.0 Å². The van der Waals surface area contributed by atoms with E-state index in [2.05, 4.69) is 21.6 Å². The van der Waals surface area contributed by atoms with E-state index in [-0.39, 0.29) is 6.04 Å². The van der Waals surface area contributed by atoms with Gasteiger partial charge in [0.25, 0.3) is 0 Å². The summed E-state index contributed by atoms with van der Waals surface area (Å²) in [4.78, 5) is 4.50. The molecule has 1 aromatic carbocycles. The van der Waals surface area contributed by atoms with Gasteiger partial charge < -0.3 is 15.8 Å². The number of hydrogen-bond donors (Lipinski definition) is 2. The molecule has 0 aliphatic heterocycles. The summed E-state index contributed by atoms with van der Waals surface area (Å²) in [7, 11) is 1.67. The highest BCUT2D eigenvalue weighted by atomic mass is 32.1. The Hall–Kier alpha value is -1.66. The minimum atomic E-state index is 0.252. The number of aromatic nitrogens is 2. The molecule has 108 valence electrons. The molecule has 20 heavy (non-hydrogen) atoms. The number of methoxy groups -OCH3 is 1. The molecule has 1 heterocycles. The highest BCUT2D eigenvalue weighted by Crippen LogP contribution is 2.21. The van der Waals surface area contributed by atoms with E-state index in [0.29, 0.717) is 13.0 Å². The Bertz CT molecular complexity index is 539. The number of nitrogens with two attached hydrogens (primary N) is 1. The molecule has 0 spiro atoms. The standard InChI is InChI=1S/C14H20N4OS/c1-3-11(9-15)16-14-17-13(18-20-14)8-10-6-4-5-7-12(10)19-2/h4-7,11H,3,8-9,15H2,1-2H3,(H,16,17,18). The molecular formula is C14H20N4OS. The first-order valence-corrected chi connectivity index (χ1v) is 7.45. The third-order valence-electron chi connectivity index (χ3n) is 3.11. The molecule has 0 saturated carbocycles. The molecule has 0 aliphatic rings. The van der Waals surface area contributed by atoms with E-state index in [9.17, 15) is 0 Å². The van der Waals surface area contributed by atoms with Gasteiger partial charge in [0.15, 0.2) is 0 Å². The van der Waals surface area contributed by atoms with E-state index < -0.39 is 0 Å². The third kappa shape index (κ3) is 3.68. The summed E-state index contributed by atoms with van der Waals surface area (Å²) >= 11 is 1.37. The fraction of sp³-hybridized carbons (Fsp3) is 0.429. The van der Waals surface area contributed by atoms with E-state index in [1.54, 1.807) is 7.11 Å². The summed E-state index contributed by atoms with van der Waals surface area (Å²) in [5.41, 5.74) is 6.76. The van der Waals surface area contributed by atoms with Gasteiger partial charge in [0, 0.05) is 36.1 Å². The summed E-state index contributed by atoms with van der Waals surface area (Å²) in [6, 6.07) is 8.17. The van der Waals surface area contributed by atoms with Gasteiger partial charge in [-0.15, -0.1) is 0 Å². The molecule has 0 amide bonds. The summed E-state index contributed by atoms with van der Waals surface area (Å²) in [6.07, 6.45) is 1.64. The molecule has 2 aromatic rings. The van der Waals surface area contributed by atoms with Crippen LogP contribution in [-0.2, 0) is 6.42 Å². The first-order chi connectivity index (χ1) is 9.76. The number of hydrogen-bond acceptors (Lipinski definition) is 6. The normalized spacial score (nSPS) is 12.2. The quantitative estimate of drug-likeness (QED) is 0.819. The Morgan fingerprint density at radius 3 is 2.90 bits per heavy atom. The van der Waals surface area contributed by atoms with E-state index >= 15 is 0 Å². The van der Waals surface area contributed by atoms with Gasteiger partial charge >= 0.3 is 0 Å². The fourth-order valence-electron chi connectivity index (χ4n) is 1.91. The van der Waals surface area contributed by atoms with Crippen LogP contribution in [0, 0.1) is 0 Å². The number of para-hydroxylation sites is 1. The highest BCUT2D eigenvalue weighted by Gasteiger charge is 2.10. The average Bonchev–Trinajstić information content (AvgIpc) is 2.92. The molecule has 0 saturated heterocycles. The van der Waals surface area contributed by atoms with E-state index in [0.717, 1.165) is 28.7 Å². The lowest BCUT2D eigenvalue weighted by atomic mass is 10.1. The van der Waals surface area contributed by atoms with Crippen LogP contribution in [0.2, 0.25) is 0 Å². The van der Waals surface area contributed by atoms with Crippen LogP contribution in [0.25, 0.3) is 0 Å². The lowest BCUT2D eigenvalue weighted by Gasteiger charge is -2.12. The van der Waals surface area contributed by atoms with Gasteiger partial charge in [0.2, 0.25) is 5.13 Å². The molecule has 0 radical (unpaired) electrons. The van der Waals surface area contributed by atoms with Crippen molar-refractivity contribution in [2.45, 2.75) is 25.8 Å². The van der Waals surface area contributed by atoms with Crippen molar-refractivity contribution >= 4 is 16.7 Å². The molecule has 0 bridgehead atoms. The zero-order chi connectivity index (χ0) is 14.4. The second-order valence-electron chi connectivity index (χ2n) is 4.49. The van der Waals surface area contributed by atoms with Crippen LogP contribution >= 0.6 is 11.5 Å². The monoisotopic (exact) mass is 292 g/mol. The van der Waals surface area contributed by atoms with Crippen molar-refractivity contribution in [1.82, 2.24) is 9.36 Å². The van der Waals surface area contributed by atoms with Crippen molar-refractivity contribution in [1.29, 1.82) is 0 Å². The SMILES string of the molecule is CCC(CN)Nc1nc(Cc2ccccc2OC)ns1. The van der Waals surface area contributed by atoms with E-state index in [4.69, 9.17) is 10.5 Å². The van der Waals surface area contributed by atoms with E-state index in [1.165, 1.54) is 11.5 Å². The maximum absolute atomic E-state index is 5.68. The number of nitrogens with zero attached hydrogens (tertiary/aromatic N) is 2. The van der Waals surface area contributed by atoms with Gasteiger partial charge in [0.1, 0.15) is 11.6 Å². The van der Waals surface area contributed by atoms with Crippen molar-refractivity contribution in [3.63, 3.8) is 0 Å². The maximum atomic E-state index is 5.68. The van der Waals surface area contributed by atoms with Gasteiger partial charge in [-0.25, -0.2) is 4.98 Å². The van der Waals surface area contributed by atoms with Crippen LogP contribution in [0.4, 0.5) is 5.13 Å². The molecule has 0 aliphatic carbocycles. The Morgan fingerprint density at radius 2 is 2.20 bits per heavy atom. The summed E-state index contributed by atoms with van der Waals surface area (Å²) in [5, 5.41) is 4.13. The maximum Gasteiger partial charge on any atom is 0.202 e. The number of benzene rings is 1. The largest absolute Gasteiger partial charge is 0.496 e. The first kappa shape index (κ1) is 14.7. The van der Waals surface area contributed by atoms with Gasteiger partial charge in [0.05, 0.1) is 7.11 Å². The molecule has 6 heteroatoms. The van der Waals surface area contributed by atoms with Gasteiger partial charge in [-0.3, -0.25) is 0 Å². The van der Waals surface area contributed by atoms with Gasteiger partial charge in [-0.1, -0.05) is 25.1 Å². The Balaban J connectivity index is 2.06. The van der Waals surface area contributed by atoms with E-state index in [1.807, 2.05) is 24.3 Å². The number of anilines is 1. The molecule has 0 fully saturated rings. The lowest BCUT2D eigenvalue weighted by molar-refractivity contribution is 0.410. The minimum Gasteiger partial charge on any atom is -0.496 e. The third-order valence-corrected chi connectivity index (χ3v) is 3.80. The zero-order valence-corrected chi connectivity index (χ0v) is 12.6. The van der Waals surface area contributed by atoms with Gasteiger partial charge in [-0.2, -0.15) is 4.37 Å². The summed E-state index contributed by atoms with van der Waals surface area (Å²) in [6.45, 7) is 2.69. The van der Waals surface area contributed by atoms with Crippen molar-refractivity contribution in [2.24, 2.45) is 5.73 Å². The number of ether oxygens (including phenoxy) is 1. The smallest absolute Gasteiger partial charge is 0.202 e. The van der Waals surface area contributed by atoms with Crippen molar-refractivity contribution in [3.8, 4) is 5.75 Å². The summed E-state index contributed by atoms with van der Waals surface area (Å²) < 4.78 is 9.72. The Morgan fingerprint density at radius 1 is 1.40 bits per heavy atom. The Kier molecular flexibility index (Phi) is 5.31. The Labute approximate surface area is 123 Å². The highest BCUT2D eigenvalue weighted by molar-refractivity contribution is 7.09. The minimum absolute atomic E-state index is 0.252. The second-order valence-corrected chi connectivity index (χ2v) is 5.24. The second kappa shape index (κ2) is 7.21. The van der Waals surface area contributed by atoms with Crippen molar-refractivity contribution < 1.29 is 4.74 Å². The number of nitrogens with one attached hydrogen (secondary N) is 1. The topological polar surface area (TPSA) is 73.1 Å². The summed E-state index contributed by atoms with van der Waals surface area (Å²) in [5.74, 6) is 1.67. The lowest BCUT2D eigenvalue weighted by Crippen LogP contribution is -2.27. The van der Waals surface area contributed by atoms with Crippen LogP contribution in [0.5, 0.6) is 5.75 Å². The number of rotatable bonds is 7. The first-order valence-electron chi connectivity index (χ1n) is 6.67. The van der Waals surface area contributed by atoms with Crippen LogP contribution in [0.3, 0.4) is 0 Å². The molecule has 5 nitrogen and oxygen atoms in total. The molecular weight excluding hydrogens is 272 g/mol. The fourth-order valence-corrected chi connectivity index (χ4v) is 2.57. The van der Waals surface area contributed by atoms with Crippen LogP contribution in [0.1, 0.15) is 24.7 Å². The molecule has 3 N–H and O–H groups in total. The van der Waals surface area contributed by atoms with Gasteiger partial charge in [-0.05, 0) is 12.5 Å². The van der Waals surface area contributed by atoms with Crippen molar-refractivity contribution in [3.05, 3.63) is 35.7 Å². The predicted molar refractivity (Wildman–Crippen MR) is 82.5 cm³/mol. The van der Waals surface area contributed by atoms with Crippen LogP contribution < -0.4 is 15.8 Å². The zero-order valence-electron chi connectivity index (χ0n) is 11.8. The average molecular weight is 292 g/mol.